The van der Waals surface area contributed by atoms with Gasteiger partial charge in [-0.1, -0.05) is 6.07 Å². The quantitative estimate of drug-likeness (QED) is 0.724. The zero-order chi connectivity index (χ0) is 13.4. The Morgan fingerprint density at radius 1 is 1.28 bits per heavy atom. The number of halogens is 1. The highest BCUT2D eigenvalue weighted by Gasteiger charge is 2.08. The average molecular weight is 255 g/mol. The van der Waals surface area contributed by atoms with Gasteiger partial charge in [-0.15, -0.1) is 0 Å². The van der Waals surface area contributed by atoms with Crippen molar-refractivity contribution in [3.63, 3.8) is 0 Å². The molecular weight excluding hydrogens is 233 g/mol. The number of hydrogen-bond acceptors (Lipinski definition) is 3. The molecule has 1 aromatic carbocycles. The molecule has 18 heavy (non-hydrogen) atoms. The summed E-state index contributed by atoms with van der Waals surface area (Å²) in [6, 6.07) is 5.23. The van der Waals surface area contributed by atoms with Gasteiger partial charge in [-0.3, -0.25) is 0 Å². The molecule has 0 heterocycles. The number of nitrogens with one attached hydrogen (secondary N) is 1. The Bertz CT molecular complexity index is 358. The van der Waals surface area contributed by atoms with Gasteiger partial charge in [0.2, 0.25) is 0 Å². The van der Waals surface area contributed by atoms with E-state index in [0.29, 0.717) is 19.0 Å². The van der Waals surface area contributed by atoms with Crippen LogP contribution in [0.3, 0.4) is 0 Å². The maximum Gasteiger partial charge on any atom is 0.165 e. The lowest BCUT2D eigenvalue weighted by atomic mass is 10.1. The molecule has 4 heteroatoms. The fourth-order valence-corrected chi connectivity index (χ4v) is 1.60. The second-order valence-electron chi connectivity index (χ2n) is 4.25. The van der Waals surface area contributed by atoms with Crippen LogP contribution in [0.2, 0.25) is 0 Å². The Morgan fingerprint density at radius 3 is 2.61 bits per heavy atom. The second-order valence-corrected chi connectivity index (χ2v) is 4.25. The monoisotopic (exact) mass is 255 g/mol. The SMILES string of the molecule is CNC(C)c1ccc(OCCCCOC)c(F)c1. The largest absolute Gasteiger partial charge is 0.491 e. The summed E-state index contributed by atoms with van der Waals surface area (Å²) in [4.78, 5) is 0. The number of methoxy groups -OCH3 is 1. The Hall–Kier alpha value is -1.13. The first-order valence-electron chi connectivity index (χ1n) is 6.27. The van der Waals surface area contributed by atoms with Crippen LogP contribution in [0.4, 0.5) is 4.39 Å². The summed E-state index contributed by atoms with van der Waals surface area (Å²) in [5, 5.41) is 3.07. The minimum absolute atomic E-state index is 0.134. The minimum Gasteiger partial charge on any atom is -0.491 e. The van der Waals surface area contributed by atoms with Gasteiger partial charge in [0.25, 0.3) is 0 Å². The third-order valence-corrected chi connectivity index (χ3v) is 2.89. The third kappa shape index (κ3) is 4.63. The fourth-order valence-electron chi connectivity index (χ4n) is 1.60. The molecule has 0 saturated heterocycles. The van der Waals surface area contributed by atoms with Crippen LogP contribution in [0.25, 0.3) is 0 Å². The van der Waals surface area contributed by atoms with Gasteiger partial charge in [-0.2, -0.15) is 0 Å². The van der Waals surface area contributed by atoms with Crippen LogP contribution in [0.15, 0.2) is 18.2 Å². The number of hydrogen-bond donors (Lipinski definition) is 1. The Balaban J connectivity index is 2.47. The molecule has 0 aliphatic rings. The van der Waals surface area contributed by atoms with Gasteiger partial charge in [-0.25, -0.2) is 4.39 Å². The van der Waals surface area contributed by atoms with Crippen molar-refractivity contribution in [2.24, 2.45) is 0 Å². The predicted molar refractivity (Wildman–Crippen MR) is 70.5 cm³/mol. The lowest BCUT2D eigenvalue weighted by Crippen LogP contribution is -2.12. The number of unbranched alkanes of at least 4 members (excludes halogenated alkanes) is 1. The molecule has 1 atom stereocenters. The van der Waals surface area contributed by atoms with Crippen LogP contribution in [0.1, 0.15) is 31.4 Å². The first kappa shape index (κ1) is 14.9. The minimum atomic E-state index is -0.304. The van der Waals surface area contributed by atoms with E-state index in [9.17, 15) is 4.39 Å². The molecule has 1 aromatic rings. The highest BCUT2D eigenvalue weighted by Crippen LogP contribution is 2.22. The molecule has 1 unspecified atom stereocenters. The van der Waals surface area contributed by atoms with Crippen LogP contribution in [0, 0.1) is 5.82 Å². The topological polar surface area (TPSA) is 30.5 Å². The lowest BCUT2D eigenvalue weighted by molar-refractivity contribution is 0.183. The van der Waals surface area contributed by atoms with Crippen molar-refractivity contribution in [2.45, 2.75) is 25.8 Å². The van der Waals surface area contributed by atoms with Gasteiger partial charge in [-0.05, 0) is 44.5 Å². The normalized spacial score (nSPS) is 12.4. The maximum atomic E-state index is 13.7. The molecule has 0 fully saturated rings. The van der Waals surface area contributed by atoms with Gasteiger partial charge >= 0.3 is 0 Å². The second kappa shape index (κ2) is 8.06. The van der Waals surface area contributed by atoms with E-state index in [4.69, 9.17) is 9.47 Å². The molecule has 3 nitrogen and oxygen atoms in total. The molecular formula is C14H22FNO2. The molecule has 0 spiro atoms. The van der Waals surface area contributed by atoms with E-state index < -0.39 is 0 Å². The first-order chi connectivity index (χ1) is 8.69. The summed E-state index contributed by atoms with van der Waals surface area (Å²) in [6.45, 7) is 3.21. The first-order valence-corrected chi connectivity index (χ1v) is 6.27. The van der Waals surface area contributed by atoms with Crippen molar-refractivity contribution in [1.82, 2.24) is 5.32 Å². The number of ether oxygens (including phenoxy) is 2. The smallest absolute Gasteiger partial charge is 0.165 e. The third-order valence-electron chi connectivity index (χ3n) is 2.89. The van der Waals surface area contributed by atoms with E-state index in [0.717, 1.165) is 18.4 Å². The highest BCUT2D eigenvalue weighted by molar-refractivity contribution is 5.30. The van der Waals surface area contributed by atoms with Gasteiger partial charge in [0.15, 0.2) is 11.6 Å². The van der Waals surface area contributed by atoms with Crippen molar-refractivity contribution in [1.29, 1.82) is 0 Å². The van der Waals surface area contributed by atoms with E-state index in [1.807, 2.05) is 20.0 Å². The van der Waals surface area contributed by atoms with Gasteiger partial charge < -0.3 is 14.8 Å². The molecule has 0 radical (unpaired) electrons. The Morgan fingerprint density at radius 2 is 2.00 bits per heavy atom. The van der Waals surface area contributed by atoms with Crippen molar-refractivity contribution in [3.05, 3.63) is 29.6 Å². The molecule has 0 bridgehead atoms. The molecule has 0 aromatic heterocycles. The zero-order valence-electron chi connectivity index (χ0n) is 11.3. The van der Waals surface area contributed by atoms with Crippen molar-refractivity contribution < 1.29 is 13.9 Å². The number of rotatable bonds is 8. The summed E-state index contributed by atoms with van der Waals surface area (Å²) in [5.41, 5.74) is 0.918. The van der Waals surface area contributed by atoms with Gasteiger partial charge in [0.1, 0.15) is 0 Å². The molecule has 0 saturated carbocycles. The molecule has 0 aliphatic carbocycles. The summed E-state index contributed by atoms with van der Waals surface area (Å²) >= 11 is 0. The van der Waals surface area contributed by atoms with E-state index in [2.05, 4.69) is 5.32 Å². The molecule has 1 rings (SSSR count). The molecule has 0 aliphatic heterocycles. The fraction of sp³-hybridized carbons (Fsp3) is 0.571. The van der Waals surface area contributed by atoms with Gasteiger partial charge in [0, 0.05) is 19.8 Å². The van der Waals surface area contributed by atoms with E-state index >= 15 is 0 Å². The summed E-state index contributed by atoms with van der Waals surface area (Å²) in [6.07, 6.45) is 1.79. The lowest BCUT2D eigenvalue weighted by Gasteiger charge is -2.12. The molecule has 1 N–H and O–H groups in total. The zero-order valence-corrected chi connectivity index (χ0v) is 11.3. The predicted octanol–water partition coefficient (Wildman–Crippen LogP) is 2.91. The van der Waals surface area contributed by atoms with E-state index in [1.54, 1.807) is 13.2 Å². The average Bonchev–Trinajstić information content (AvgIpc) is 2.39. The molecule has 0 amide bonds. The van der Waals surface area contributed by atoms with Crippen molar-refractivity contribution in [3.8, 4) is 5.75 Å². The molecule has 102 valence electrons. The summed E-state index contributed by atoms with van der Waals surface area (Å²) in [7, 11) is 3.52. The van der Waals surface area contributed by atoms with Crippen molar-refractivity contribution in [2.75, 3.05) is 27.4 Å². The Kier molecular flexibility index (Phi) is 6.68. The van der Waals surface area contributed by atoms with E-state index in [-0.39, 0.29) is 11.9 Å². The van der Waals surface area contributed by atoms with Crippen LogP contribution in [-0.4, -0.2) is 27.4 Å². The van der Waals surface area contributed by atoms with E-state index in [1.165, 1.54) is 6.07 Å². The summed E-state index contributed by atoms with van der Waals surface area (Å²) < 4.78 is 24.1. The van der Waals surface area contributed by atoms with Crippen LogP contribution in [0.5, 0.6) is 5.75 Å². The van der Waals surface area contributed by atoms with Crippen LogP contribution in [-0.2, 0) is 4.74 Å². The Labute approximate surface area is 108 Å². The number of benzene rings is 1. The summed E-state index contributed by atoms with van der Waals surface area (Å²) in [5.74, 6) is 0.0146. The van der Waals surface area contributed by atoms with Crippen molar-refractivity contribution >= 4 is 0 Å². The van der Waals surface area contributed by atoms with Gasteiger partial charge in [0.05, 0.1) is 6.61 Å². The van der Waals surface area contributed by atoms with Crippen LogP contribution < -0.4 is 10.1 Å². The van der Waals surface area contributed by atoms with Crippen LogP contribution >= 0.6 is 0 Å². The maximum absolute atomic E-state index is 13.7. The standard InChI is InChI=1S/C14H22FNO2/c1-11(16-2)12-6-7-14(13(15)10-12)18-9-5-4-8-17-3/h6-7,10-11,16H,4-5,8-9H2,1-3H3. The highest BCUT2D eigenvalue weighted by atomic mass is 19.1.